The molecule has 178 valence electrons. The van der Waals surface area contributed by atoms with Crippen LogP contribution in [0.2, 0.25) is 5.02 Å². The van der Waals surface area contributed by atoms with Crippen molar-refractivity contribution < 1.29 is 4.79 Å². The molecule has 5 heteroatoms. The summed E-state index contributed by atoms with van der Waals surface area (Å²) in [6, 6.07) is 15.8. The number of hydrogen-bond donors (Lipinski definition) is 1. The molecule has 1 amide bonds. The van der Waals surface area contributed by atoms with Gasteiger partial charge in [-0.15, -0.1) is 0 Å². The highest BCUT2D eigenvalue weighted by atomic mass is 35.5. The third-order valence-electron chi connectivity index (χ3n) is 6.17. The standard InChI is InChI=1S/C28H38ClN3O/c1-2-3-4-5-6-7-8-9-12-21-32-26-14-11-10-13-25(26)31-27(32)19-20-30-28(33)22-23-15-17-24(29)18-16-23/h10-11,13-18H,2-9,12,19-22H2,1H3,(H,30,33). The predicted molar refractivity (Wildman–Crippen MR) is 139 cm³/mol. The van der Waals surface area contributed by atoms with Gasteiger partial charge in [0, 0.05) is 24.5 Å². The van der Waals surface area contributed by atoms with Gasteiger partial charge in [-0.3, -0.25) is 4.79 Å². The van der Waals surface area contributed by atoms with Gasteiger partial charge >= 0.3 is 0 Å². The maximum absolute atomic E-state index is 12.3. The fourth-order valence-electron chi connectivity index (χ4n) is 4.31. The Hall–Kier alpha value is -2.33. The van der Waals surface area contributed by atoms with E-state index in [0.717, 1.165) is 29.9 Å². The van der Waals surface area contributed by atoms with Crippen molar-refractivity contribution in [1.82, 2.24) is 14.9 Å². The summed E-state index contributed by atoms with van der Waals surface area (Å²) < 4.78 is 2.35. The lowest BCUT2D eigenvalue weighted by molar-refractivity contribution is -0.120. The molecule has 3 rings (SSSR count). The second-order valence-corrected chi connectivity index (χ2v) is 9.34. The van der Waals surface area contributed by atoms with Crippen LogP contribution in [0.25, 0.3) is 11.0 Å². The van der Waals surface area contributed by atoms with Gasteiger partial charge in [0.05, 0.1) is 17.5 Å². The molecule has 0 aliphatic heterocycles. The van der Waals surface area contributed by atoms with Crippen molar-refractivity contribution in [3.05, 3.63) is 64.9 Å². The fraction of sp³-hybridized carbons (Fsp3) is 0.500. The van der Waals surface area contributed by atoms with Crippen LogP contribution >= 0.6 is 11.6 Å². The smallest absolute Gasteiger partial charge is 0.224 e. The van der Waals surface area contributed by atoms with Crippen LogP contribution in [0.3, 0.4) is 0 Å². The molecule has 0 fully saturated rings. The predicted octanol–water partition coefficient (Wildman–Crippen LogP) is 7.12. The number of aromatic nitrogens is 2. The van der Waals surface area contributed by atoms with Gasteiger partial charge in [0.25, 0.3) is 0 Å². The number of halogens is 1. The molecule has 0 bridgehead atoms. The van der Waals surface area contributed by atoms with Crippen LogP contribution in [-0.2, 0) is 24.2 Å². The van der Waals surface area contributed by atoms with Gasteiger partial charge in [-0.05, 0) is 36.2 Å². The molecule has 4 nitrogen and oxygen atoms in total. The highest BCUT2D eigenvalue weighted by Crippen LogP contribution is 2.18. The molecular weight excluding hydrogens is 430 g/mol. The Balaban J connectivity index is 1.46. The normalized spacial score (nSPS) is 11.2. The number of rotatable bonds is 15. The molecular formula is C28H38ClN3O. The first-order chi connectivity index (χ1) is 16.2. The van der Waals surface area contributed by atoms with Crippen LogP contribution in [0.15, 0.2) is 48.5 Å². The van der Waals surface area contributed by atoms with Crippen LogP contribution in [0, 0.1) is 0 Å². The largest absolute Gasteiger partial charge is 0.355 e. The maximum Gasteiger partial charge on any atom is 0.224 e. The number of para-hydroxylation sites is 2. The summed E-state index contributed by atoms with van der Waals surface area (Å²) in [6.07, 6.45) is 13.0. The summed E-state index contributed by atoms with van der Waals surface area (Å²) >= 11 is 5.92. The molecule has 0 aliphatic rings. The van der Waals surface area contributed by atoms with Crippen molar-refractivity contribution in [2.75, 3.05) is 6.54 Å². The molecule has 1 aromatic heterocycles. The Labute approximate surface area is 203 Å². The van der Waals surface area contributed by atoms with Gasteiger partial charge < -0.3 is 9.88 Å². The van der Waals surface area contributed by atoms with E-state index in [0.29, 0.717) is 18.0 Å². The molecule has 33 heavy (non-hydrogen) atoms. The lowest BCUT2D eigenvalue weighted by atomic mass is 10.1. The Morgan fingerprint density at radius 2 is 1.58 bits per heavy atom. The third-order valence-corrected chi connectivity index (χ3v) is 6.42. The minimum Gasteiger partial charge on any atom is -0.355 e. The first-order valence-corrected chi connectivity index (χ1v) is 13.0. The van der Waals surface area contributed by atoms with Crippen LogP contribution in [0.1, 0.15) is 76.1 Å². The minimum absolute atomic E-state index is 0.0268. The lowest BCUT2D eigenvalue weighted by Gasteiger charge is -2.10. The molecule has 0 radical (unpaired) electrons. The van der Waals surface area contributed by atoms with Crippen LogP contribution in [0.4, 0.5) is 0 Å². The van der Waals surface area contributed by atoms with Gasteiger partial charge in [-0.1, -0.05) is 94.2 Å². The highest BCUT2D eigenvalue weighted by molar-refractivity contribution is 6.30. The first kappa shape index (κ1) is 25.3. The maximum atomic E-state index is 12.3. The average molecular weight is 468 g/mol. The van der Waals surface area contributed by atoms with E-state index in [1.54, 1.807) is 0 Å². The van der Waals surface area contributed by atoms with Crippen molar-refractivity contribution in [3.8, 4) is 0 Å². The van der Waals surface area contributed by atoms with Crippen molar-refractivity contribution in [1.29, 1.82) is 0 Å². The van der Waals surface area contributed by atoms with Gasteiger partial charge in [-0.2, -0.15) is 0 Å². The van der Waals surface area contributed by atoms with E-state index < -0.39 is 0 Å². The Morgan fingerprint density at radius 3 is 2.30 bits per heavy atom. The van der Waals surface area contributed by atoms with E-state index in [1.807, 2.05) is 30.3 Å². The summed E-state index contributed by atoms with van der Waals surface area (Å²) in [5.41, 5.74) is 3.20. The quantitative estimate of drug-likeness (QED) is 0.242. The molecule has 0 saturated carbocycles. The number of nitrogens with one attached hydrogen (secondary N) is 1. The highest BCUT2D eigenvalue weighted by Gasteiger charge is 2.11. The number of nitrogens with zero attached hydrogens (tertiary/aromatic N) is 2. The van der Waals surface area contributed by atoms with Gasteiger partial charge in [0.2, 0.25) is 5.91 Å². The topological polar surface area (TPSA) is 46.9 Å². The van der Waals surface area contributed by atoms with Crippen molar-refractivity contribution in [2.45, 2.75) is 84.1 Å². The average Bonchev–Trinajstić information content (AvgIpc) is 3.17. The van der Waals surface area contributed by atoms with Crippen molar-refractivity contribution in [3.63, 3.8) is 0 Å². The molecule has 0 aliphatic carbocycles. The zero-order valence-corrected chi connectivity index (χ0v) is 20.7. The number of fused-ring (bicyclic) bond motifs is 1. The zero-order valence-electron chi connectivity index (χ0n) is 20.0. The van der Waals surface area contributed by atoms with E-state index in [2.05, 4.69) is 35.0 Å². The zero-order chi connectivity index (χ0) is 23.3. The van der Waals surface area contributed by atoms with Gasteiger partial charge in [0.15, 0.2) is 0 Å². The van der Waals surface area contributed by atoms with Gasteiger partial charge in [-0.25, -0.2) is 4.98 Å². The van der Waals surface area contributed by atoms with Crippen LogP contribution in [-0.4, -0.2) is 22.0 Å². The van der Waals surface area contributed by atoms with Gasteiger partial charge in [0.1, 0.15) is 5.82 Å². The Bertz CT molecular complexity index is 980. The minimum atomic E-state index is 0.0268. The fourth-order valence-corrected chi connectivity index (χ4v) is 4.44. The number of imidazole rings is 1. The molecule has 0 saturated heterocycles. The molecule has 0 atom stereocenters. The molecule has 1 N–H and O–H groups in total. The number of hydrogen-bond acceptors (Lipinski definition) is 2. The molecule has 0 unspecified atom stereocenters. The number of benzene rings is 2. The number of aryl methyl sites for hydroxylation is 1. The van der Waals surface area contributed by atoms with Crippen LogP contribution < -0.4 is 5.32 Å². The lowest BCUT2D eigenvalue weighted by Crippen LogP contribution is -2.28. The molecule has 3 aromatic rings. The Kier molecular flexibility index (Phi) is 10.8. The SMILES string of the molecule is CCCCCCCCCCCn1c(CCNC(=O)Cc2ccc(Cl)cc2)nc2ccccc21. The molecule has 0 spiro atoms. The van der Waals surface area contributed by atoms with E-state index in [-0.39, 0.29) is 5.91 Å². The van der Waals surface area contributed by atoms with E-state index in [4.69, 9.17) is 16.6 Å². The third kappa shape index (κ3) is 8.51. The summed E-state index contributed by atoms with van der Waals surface area (Å²) in [4.78, 5) is 17.2. The van der Waals surface area contributed by atoms with E-state index in [9.17, 15) is 4.79 Å². The number of carbonyl (C=O) groups is 1. The van der Waals surface area contributed by atoms with Crippen molar-refractivity contribution >= 4 is 28.5 Å². The number of carbonyl (C=O) groups excluding carboxylic acids is 1. The first-order valence-electron chi connectivity index (χ1n) is 12.6. The number of unbranched alkanes of at least 4 members (excludes halogenated alkanes) is 8. The second kappa shape index (κ2) is 14.0. The summed E-state index contributed by atoms with van der Waals surface area (Å²) in [7, 11) is 0. The number of amides is 1. The van der Waals surface area contributed by atoms with E-state index in [1.165, 1.54) is 63.3 Å². The molecule has 1 heterocycles. The second-order valence-electron chi connectivity index (χ2n) is 8.90. The summed E-state index contributed by atoms with van der Waals surface area (Å²) in [5, 5.41) is 3.73. The summed E-state index contributed by atoms with van der Waals surface area (Å²) in [6.45, 7) is 3.85. The van der Waals surface area contributed by atoms with Crippen molar-refractivity contribution in [2.24, 2.45) is 0 Å². The summed E-state index contributed by atoms with van der Waals surface area (Å²) in [5.74, 6) is 1.08. The monoisotopic (exact) mass is 467 g/mol. The van der Waals surface area contributed by atoms with E-state index >= 15 is 0 Å². The Morgan fingerprint density at radius 1 is 0.909 bits per heavy atom. The molecule has 2 aromatic carbocycles. The van der Waals surface area contributed by atoms with Crippen LogP contribution in [0.5, 0.6) is 0 Å².